The number of non-ortho nitro benzene ring substituents is 1. The van der Waals surface area contributed by atoms with Crippen molar-refractivity contribution in [2.45, 2.75) is 32.3 Å². The van der Waals surface area contributed by atoms with E-state index in [1.807, 2.05) is 0 Å². The smallest absolute Gasteiger partial charge is 0.348 e. The van der Waals surface area contributed by atoms with Gasteiger partial charge in [-0.25, -0.2) is 4.39 Å². The first-order chi connectivity index (χ1) is 10.1. The number of alkyl halides is 3. The molecule has 1 aliphatic heterocycles. The molecule has 1 aromatic rings. The number of anilines is 1. The average molecular weight is 322 g/mol. The monoisotopic (exact) mass is 322 g/mol. The lowest BCUT2D eigenvalue weighted by Gasteiger charge is -2.33. The second-order valence-electron chi connectivity index (χ2n) is 5.34. The van der Waals surface area contributed by atoms with E-state index in [9.17, 15) is 27.7 Å². The molecule has 0 N–H and O–H groups in total. The topological polar surface area (TPSA) is 55.6 Å². The summed E-state index contributed by atoms with van der Waals surface area (Å²) in [6, 6.07) is 1.89. The predicted octanol–water partition coefficient (Wildman–Crippen LogP) is 3.48. The van der Waals surface area contributed by atoms with Crippen LogP contribution in [0.1, 0.15) is 13.8 Å². The molecule has 0 saturated carbocycles. The van der Waals surface area contributed by atoms with Crippen molar-refractivity contribution >= 4 is 11.4 Å². The van der Waals surface area contributed by atoms with Crippen LogP contribution in [-0.4, -0.2) is 30.0 Å². The second kappa shape index (κ2) is 5.71. The molecule has 1 aromatic carbocycles. The Bertz CT molecular complexity index is 577. The van der Waals surface area contributed by atoms with Gasteiger partial charge in [0.05, 0.1) is 29.3 Å². The zero-order chi connectivity index (χ0) is 16.7. The fourth-order valence-corrected chi connectivity index (χ4v) is 2.41. The molecule has 0 radical (unpaired) electrons. The summed E-state index contributed by atoms with van der Waals surface area (Å²) >= 11 is 0. The highest BCUT2D eigenvalue weighted by Gasteiger charge is 2.52. The minimum absolute atomic E-state index is 0.196. The van der Waals surface area contributed by atoms with Gasteiger partial charge in [-0.15, -0.1) is 0 Å². The Balaban J connectivity index is 2.47. The van der Waals surface area contributed by atoms with Gasteiger partial charge in [-0.05, 0) is 12.0 Å². The minimum atomic E-state index is -4.70. The molecule has 1 unspecified atom stereocenters. The van der Waals surface area contributed by atoms with E-state index in [-0.39, 0.29) is 18.2 Å². The third kappa shape index (κ3) is 2.99. The van der Waals surface area contributed by atoms with Crippen molar-refractivity contribution in [1.29, 1.82) is 0 Å². The molecule has 0 amide bonds. The molecule has 122 valence electrons. The summed E-state index contributed by atoms with van der Waals surface area (Å²) in [6.07, 6.45) is -6.96. The molecular formula is C13H14F4N2O3. The first kappa shape index (κ1) is 16.5. The van der Waals surface area contributed by atoms with E-state index in [1.54, 1.807) is 13.8 Å². The van der Waals surface area contributed by atoms with Gasteiger partial charge in [-0.1, -0.05) is 13.8 Å². The van der Waals surface area contributed by atoms with E-state index >= 15 is 0 Å². The predicted molar refractivity (Wildman–Crippen MR) is 70.0 cm³/mol. The van der Waals surface area contributed by atoms with Crippen LogP contribution in [0.2, 0.25) is 0 Å². The van der Waals surface area contributed by atoms with Crippen LogP contribution in [0.25, 0.3) is 0 Å². The van der Waals surface area contributed by atoms with Gasteiger partial charge in [-0.2, -0.15) is 13.2 Å². The number of benzene rings is 1. The molecule has 2 atom stereocenters. The normalized spacial score (nSPS) is 22.4. The van der Waals surface area contributed by atoms with Crippen LogP contribution in [0.15, 0.2) is 18.2 Å². The van der Waals surface area contributed by atoms with Crippen LogP contribution in [0.4, 0.5) is 28.9 Å². The van der Waals surface area contributed by atoms with Crippen LogP contribution in [0.5, 0.6) is 0 Å². The summed E-state index contributed by atoms with van der Waals surface area (Å²) in [6.45, 7) is 3.20. The zero-order valence-electron chi connectivity index (χ0n) is 11.8. The Morgan fingerprint density at radius 1 is 1.41 bits per heavy atom. The Kier molecular flexibility index (Phi) is 4.28. The largest absolute Gasteiger partial charge is 0.433 e. The van der Waals surface area contributed by atoms with Gasteiger partial charge < -0.3 is 9.64 Å². The summed E-state index contributed by atoms with van der Waals surface area (Å²) in [5, 5.41) is 10.6. The summed E-state index contributed by atoms with van der Waals surface area (Å²) in [7, 11) is 0. The molecule has 9 heteroatoms. The fraction of sp³-hybridized carbons (Fsp3) is 0.538. The zero-order valence-corrected chi connectivity index (χ0v) is 11.8. The van der Waals surface area contributed by atoms with Crippen LogP contribution in [0, 0.1) is 21.8 Å². The number of halogens is 4. The molecule has 1 fully saturated rings. The molecule has 1 aliphatic rings. The molecule has 5 nitrogen and oxygen atoms in total. The fourth-order valence-electron chi connectivity index (χ4n) is 2.41. The molecule has 0 aromatic heterocycles. The lowest BCUT2D eigenvalue weighted by Crippen LogP contribution is -2.47. The minimum Gasteiger partial charge on any atom is -0.348 e. The highest BCUT2D eigenvalue weighted by Crippen LogP contribution is 2.39. The molecule has 2 rings (SSSR count). The van der Waals surface area contributed by atoms with Crippen molar-refractivity contribution in [1.82, 2.24) is 0 Å². The van der Waals surface area contributed by atoms with Gasteiger partial charge in [0.1, 0.15) is 0 Å². The first-order valence-corrected chi connectivity index (χ1v) is 6.53. The average Bonchev–Trinajstić information content (AvgIpc) is 2.82. The molecule has 0 aliphatic carbocycles. The van der Waals surface area contributed by atoms with Crippen molar-refractivity contribution in [2.75, 3.05) is 11.5 Å². The number of ether oxygens (including phenoxy) is 1. The summed E-state index contributed by atoms with van der Waals surface area (Å²) in [4.78, 5) is 10.6. The number of hydrogen-bond donors (Lipinski definition) is 0. The molecule has 0 spiro atoms. The summed E-state index contributed by atoms with van der Waals surface area (Å²) < 4.78 is 58.1. The Labute approximate surface area is 123 Å². The Morgan fingerprint density at radius 2 is 2.05 bits per heavy atom. The Morgan fingerprint density at radius 3 is 2.50 bits per heavy atom. The highest BCUT2D eigenvalue weighted by atomic mass is 19.4. The number of nitro groups is 1. The van der Waals surface area contributed by atoms with Gasteiger partial charge in [0.2, 0.25) is 6.23 Å². The lowest BCUT2D eigenvalue weighted by molar-refractivity contribution is -0.385. The third-order valence-corrected chi connectivity index (χ3v) is 3.50. The SMILES string of the molecule is CC(C)[C@@H]1COC(C(F)(F)F)N1c1ccc([N+](=O)[O-])cc1F. The maximum atomic E-state index is 14.1. The van der Waals surface area contributed by atoms with Gasteiger partial charge in [0, 0.05) is 6.07 Å². The van der Waals surface area contributed by atoms with Crippen LogP contribution < -0.4 is 4.90 Å². The number of hydrogen-bond acceptors (Lipinski definition) is 4. The molecular weight excluding hydrogens is 308 g/mol. The van der Waals surface area contributed by atoms with Crippen molar-refractivity contribution in [3.05, 3.63) is 34.1 Å². The van der Waals surface area contributed by atoms with Crippen molar-refractivity contribution < 1.29 is 27.2 Å². The highest BCUT2D eigenvalue weighted by molar-refractivity contribution is 5.54. The summed E-state index contributed by atoms with van der Waals surface area (Å²) in [5.74, 6) is -1.30. The van der Waals surface area contributed by atoms with Gasteiger partial charge >= 0.3 is 6.18 Å². The van der Waals surface area contributed by atoms with Crippen molar-refractivity contribution in [3.63, 3.8) is 0 Å². The maximum absolute atomic E-state index is 14.1. The molecule has 0 bridgehead atoms. The summed E-state index contributed by atoms with van der Waals surface area (Å²) in [5.41, 5.74) is -0.879. The Hall–Kier alpha value is -1.90. The van der Waals surface area contributed by atoms with Gasteiger partial charge in [0.15, 0.2) is 5.82 Å². The molecule has 1 heterocycles. The van der Waals surface area contributed by atoms with E-state index in [1.165, 1.54) is 0 Å². The van der Waals surface area contributed by atoms with Crippen LogP contribution in [0.3, 0.4) is 0 Å². The number of nitro benzene ring substituents is 1. The van der Waals surface area contributed by atoms with Gasteiger partial charge in [0.25, 0.3) is 5.69 Å². The molecule has 1 saturated heterocycles. The van der Waals surface area contributed by atoms with E-state index in [4.69, 9.17) is 4.74 Å². The lowest BCUT2D eigenvalue weighted by atomic mass is 10.0. The van der Waals surface area contributed by atoms with Crippen LogP contribution in [-0.2, 0) is 4.74 Å². The standard InChI is InChI=1S/C13H14F4N2O3/c1-7(2)11-6-22-12(13(15,16)17)18(11)10-4-3-8(19(20)21)5-9(10)14/h3-5,7,11-12H,6H2,1-2H3/t11-,12?/m0/s1. The quantitative estimate of drug-likeness (QED) is 0.486. The van der Waals surface area contributed by atoms with Crippen molar-refractivity contribution in [3.8, 4) is 0 Å². The van der Waals surface area contributed by atoms with Crippen molar-refractivity contribution in [2.24, 2.45) is 5.92 Å². The van der Waals surface area contributed by atoms with E-state index in [0.29, 0.717) is 6.07 Å². The first-order valence-electron chi connectivity index (χ1n) is 6.53. The van der Waals surface area contributed by atoms with Gasteiger partial charge in [-0.3, -0.25) is 10.1 Å². The van der Waals surface area contributed by atoms with E-state index in [2.05, 4.69) is 0 Å². The maximum Gasteiger partial charge on any atom is 0.433 e. The van der Waals surface area contributed by atoms with E-state index < -0.39 is 34.9 Å². The second-order valence-corrected chi connectivity index (χ2v) is 5.34. The number of rotatable bonds is 3. The molecule has 22 heavy (non-hydrogen) atoms. The van der Waals surface area contributed by atoms with Crippen LogP contribution >= 0.6 is 0 Å². The van der Waals surface area contributed by atoms with E-state index in [0.717, 1.165) is 17.0 Å². The number of nitrogens with zero attached hydrogens (tertiary/aromatic N) is 2. The third-order valence-electron chi connectivity index (χ3n) is 3.50.